The first-order valence-corrected chi connectivity index (χ1v) is 8.76. The second kappa shape index (κ2) is 7.65. The molecule has 2 aromatic heterocycles. The fourth-order valence-corrected chi connectivity index (χ4v) is 2.99. The molecule has 2 aromatic rings. The third-order valence-electron chi connectivity index (χ3n) is 4.33. The Morgan fingerprint density at radius 3 is 2.96 bits per heavy atom. The Hall–Kier alpha value is -2.09. The minimum absolute atomic E-state index is 0.0694. The molecule has 3 rings (SSSR count). The van der Waals surface area contributed by atoms with E-state index < -0.39 is 0 Å². The molecule has 1 aliphatic heterocycles. The van der Waals surface area contributed by atoms with Gasteiger partial charge in [0, 0.05) is 20.2 Å². The van der Waals surface area contributed by atoms with Gasteiger partial charge in [0.05, 0.1) is 12.6 Å². The van der Waals surface area contributed by atoms with Gasteiger partial charge in [0.25, 0.3) is 0 Å². The number of aromatic amines is 1. The lowest BCUT2D eigenvalue weighted by molar-refractivity contribution is 0.00605. The van der Waals surface area contributed by atoms with Gasteiger partial charge < -0.3 is 20.4 Å². The van der Waals surface area contributed by atoms with Crippen molar-refractivity contribution in [1.29, 1.82) is 0 Å². The number of nitrogens with one attached hydrogen (secondary N) is 3. The van der Waals surface area contributed by atoms with Crippen LogP contribution >= 0.6 is 0 Å². The van der Waals surface area contributed by atoms with E-state index in [2.05, 4.69) is 32.5 Å². The summed E-state index contributed by atoms with van der Waals surface area (Å²) in [5, 5.41) is 6.27. The van der Waals surface area contributed by atoms with Gasteiger partial charge in [0.2, 0.25) is 5.95 Å². The average Bonchev–Trinajstić information content (AvgIpc) is 2.91. The Balaban J connectivity index is 1.93. The van der Waals surface area contributed by atoms with Crippen LogP contribution in [-0.2, 0) is 11.3 Å². The SMILES string of the molecule is CCCCNc1nc(NC)c2[nH]c(=O)n(CC3CCCCO3)c2n1. The number of hydrogen-bond acceptors (Lipinski definition) is 6. The number of aromatic nitrogens is 4. The van der Waals surface area contributed by atoms with E-state index in [0.29, 0.717) is 29.5 Å². The fraction of sp³-hybridized carbons (Fsp3) is 0.688. The summed E-state index contributed by atoms with van der Waals surface area (Å²) in [6.07, 6.45) is 5.43. The van der Waals surface area contributed by atoms with Crippen LogP contribution in [0.1, 0.15) is 39.0 Å². The third kappa shape index (κ3) is 3.53. The smallest absolute Gasteiger partial charge is 0.327 e. The molecule has 3 heterocycles. The molecule has 132 valence electrons. The number of fused-ring (bicyclic) bond motifs is 1. The van der Waals surface area contributed by atoms with Crippen molar-refractivity contribution in [2.45, 2.75) is 51.7 Å². The normalized spacial score (nSPS) is 18.0. The van der Waals surface area contributed by atoms with Crippen LogP contribution in [-0.4, -0.2) is 45.8 Å². The van der Waals surface area contributed by atoms with Crippen molar-refractivity contribution in [2.24, 2.45) is 0 Å². The quantitative estimate of drug-likeness (QED) is 0.670. The lowest BCUT2D eigenvalue weighted by Crippen LogP contribution is -2.29. The summed E-state index contributed by atoms with van der Waals surface area (Å²) in [5.41, 5.74) is 1.09. The standard InChI is InChI=1S/C16H26N6O2/c1-3-4-8-18-15-20-13(17-2)12-14(21-15)22(16(23)19-12)10-11-7-5-6-9-24-11/h11H,3-10H2,1-2H3,(H,19,23)(H2,17,18,20,21). The lowest BCUT2D eigenvalue weighted by Gasteiger charge is -2.22. The zero-order valence-electron chi connectivity index (χ0n) is 14.4. The molecule has 0 aliphatic carbocycles. The number of ether oxygens (including phenoxy) is 1. The molecule has 8 nitrogen and oxygen atoms in total. The Morgan fingerprint density at radius 1 is 1.38 bits per heavy atom. The van der Waals surface area contributed by atoms with Gasteiger partial charge in [-0.15, -0.1) is 0 Å². The van der Waals surface area contributed by atoms with E-state index in [4.69, 9.17) is 4.74 Å². The number of hydrogen-bond donors (Lipinski definition) is 3. The molecule has 0 radical (unpaired) electrons. The summed E-state index contributed by atoms with van der Waals surface area (Å²) in [5.74, 6) is 1.16. The van der Waals surface area contributed by atoms with Crippen molar-refractivity contribution in [3.8, 4) is 0 Å². The predicted molar refractivity (Wildman–Crippen MR) is 94.7 cm³/mol. The molecule has 1 unspecified atom stereocenters. The monoisotopic (exact) mass is 334 g/mol. The maximum absolute atomic E-state index is 12.4. The average molecular weight is 334 g/mol. The Labute approximate surface area is 141 Å². The van der Waals surface area contributed by atoms with Crippen LogP contribution in [0.5, 0.6) is 0 Å². The molecule has 0 amide bonds. The number of anilines is 2. The first-order chi connectivity index (χ1) is 11.7. The molecule has 1 aliphatic rings. The van der Waals surface area contributed by atoms with E-state index in [-0.39, 0.29) is 11.8 Å². The molecular weight excluding hydrogens is 308 g/mol. The number of rotatable bonds is 7. The minimum Gasteiger partial charge on any atom is -0.376 e. The Morgan fingerprint density at radius 2 is 2.25 bits per heavy atom. The maximum atomic E-state index is 12.4. The zero-order valence-corrected chi connectivity index (χ0v) is 14.4. The van der Waals surface area contributed by atoms with E-state index >= 15 is 0 Å². The second-order valence-electron chi connectivity index (χ2n) is 6.15. The second-order valence-corrected chi connectivity index (χ2v) is 6.15. The van der Waals surface area contributed by atoms with E-state index in [1.807, 2.05) is 0 Å². The van der Waals surface area contributed by atoms with Crippen LogP contribution in [0.3, 0.4) is 0 Å². The van der Waals surface area contributed by atoms with Crippen molar-refractivity contribution in [3.05, 3.63) is 10.5 Å². The fourth-order valence-electron chi connectivity index (χ4n) is 2.99. The number of unbranched alkanes of at least 4 members (excludes halogenated alkanes) is 1. The van der Waals surface area contributed by atoms with Crippen molar-refractivity contribution in [3.63, 3.8) is 0 Å². The molecule has 24 heavy (non-hydrogen) atoms. The van der Waals surface area contributed by atoms with Gasteiger partial charge in [-0.25, -0.2) is 4.79 Å². The number of nitrogens with zero attached hydrogens (tertiary/aromatic N) is 3. The topological polar surface area (TPSA) is 96.9 Å². The minimum atomic E-state index is -0.171. The molecule has 1 fully saturated rings. The molecule has 1 atom stereocenters. The van der Waals surface area contributed by atoms with Crippen LogP contribution in [0.25, 0.3) is 11.2 Å². The summed E-state index contributed by atoms with van der Waals surface area (Å²) in [7, 11) is 1.79. The van der Waals surface area contributed by atoms with Gasteiger partial charge in [0.1, 0.15) is 5.52 Å². The van der Waals surface area contributed by atoms with Crippen LogP contribution in [0.2, 0.25) is 0 Å². The maximum Gasteiger partial charge on any atom is 0.327 e. The summed E-state index contributed by atoms with van der Waals surface area (Å²) in [6.45, 7) is 4.24. The summed E-state index contributed by atoms with van der Waals surface area (Å²) < 4.78 is 7.44. The predicted octanol–water partition coefficient (Wildman–Crippen LogP) is 1.94. The van der Waals surface area contributed by atoms with Gasteiger partial charge in [0.15, 0.2) is 11.5 Å². The molecule has 1 saturated heterocycles. The van der Waals surface area contributed by atoms with Crippen LogP contribution in [0.15, 0.2) is 4.79 Å². The van der Waals surface area contributed by atoms with E-state index in [1.165, 1.54) is 0 Å². The lowest BCUT2D eigenvalue weighted by atomic mass is 10.1. The Bertz CT molecular complexity index is 732. The molecule has 3 N–H and O–H groups in total. The van der Waals surface area contributed by atoms with Gasteiger partial charge in [-0.1, -0.05) is 13.3 Å². The highest BCUT2D eigenvalue weighted by Gasteiger charge is 2.20. The molecule has 0 saturated carbocycles. The van der Waals surface area contributed by atoms with Gasteiger partial charge in [-0.2, -0.15) is 9.97 Å². The molecule has 0 aromatic carbocycles. The molecular formula is C16H26N6O2. The third-order valence-corrected chi connectivity index (χ3v) is 4.33. The summed E-state index contributed by atoms with van der Waals surface area (Å²) in [6, 6.07) is 0. The van der Waals surface area contributed by atoms with Gasteiger partial charge in [-0.05, 0) is 25.7 Å². The van der Waals surface area contributed by atoms with Crippen LogP contribution in [0.4, 0.5) is 11.8 Å². The largest absolute Gasteiger partial charge is 0.376 e. The number of imidazole rings is 1. The highest BCUT2D eigenvalue weighted by Crippen LogP contribution is 2.21. The molecule has 0 bridgehead atoms. The van der Waals surface area contributed by atoms with Crippen molar-refractivity contribution in [1.82, 2.24) is 19.5 Å². The van der Waals surface area contributed by atoms with E-state index in [9.17, 15) is 4.79 Å². The van der Waals surface area contributed by atoms with Gasteiger partial charge >= 0.3 is 5.69 Å². The first-order valence-electron chi connectivity index (χ1n) is 8.76. The van der Waals surface area contributed by atoms with Crippen molar-refractivity contribution < 1.29 is 4.74 Å². The first kappa shape index (κ1) is 16.8. The highest BCUT2D eigenvalue weighted by atomic mass is 16.5. The number of H-pyrrole nitrogens is 1. The summed E-state index contributed by atoms with van der Waals surface area (Å²) >= 11 is 0. The van der Waals surface area contributed by atoms with Gasteiger partial charge in [-0.3, -0.25) is 4.57 Å². The van der Waals surface area contributed by atoms with E-state index in [1.54, 1.807) is 11.6 Å². The Kier molecular flexibility index (Phi) is 5.34. The molecule has 0 spiro atoms. The van der Waals surface area contributed by atoms with Crippen molar-refractivity contribution in [2.75, 3.05) is 30.8 Å². The van der Waals surface area contributed by atoms with E-state index in [0.717, 1.165) is 45.3 Å². The molecule has 8 heteroatoms. The van der Waals surface area contributed by atoms with Crippen LogP contribution < -0.4 is 16.3 Å². The highest BCUT2D eigenvalue weighted by molar-refractivity contribution is 5.84. The van der Waals surface area contributed by atoms with Crippen molar-refractivity contribution >= 4 is 22.9 Å². The summed E-state index contributed by atoms with van der Waals surface area (Å²) in [4.78, 5) is 24.3. The van der Waals surface area contributed by atoms with Crippen LogP contribution in [0, 0.1) is 0 Å². The zero-order chi connectivity index (χ0) is 16.9.